The third-order valence-electron chi connectivity index (χ3n) is 3.84. The van der Waals surface area contributed by atoms with Crippen molar-refractivity contribution in [3.8, 4) is 0 Å². The molecule has 0 aliphatic rings. The number of fused-ring (bicyclic) bond motifs is 1. The molecule has 0 spiro atoms. The lowest BCUT2D eigenvalue weighted by molar-refractivity contribution is -0.482. The van der Waals surface area contributed by atoms with E-state index in [1.807, 2.05) is 24.3 Å². The highest BCUT2D eigenvalue weighted by atomic mass is 16.6. The molecule has 0 saturated heterocycles. The summed E-state index contributed by atoms with van der Waals surface area (Å²) < 4.78 is 0. The van der Waals surface area contributed by atoms with Gasteiger partial charge in [-0.1, -0.05) is 36.4 Å². The van der Waals surface area contributed by atoms with Crippen molar-refractivity contribution in [1.29, 1.82) is 0 Å². The Morgan fingerprint density at radius 1 is 0.957 bits per heavy atom. The molecule has 0 bridgehead atoms. The Kier molecular flexibility index (Phi) is 3.76. The molecule has 1 unspecified atom stereocenters. The number of benzene rings is 2. The SMILES string of the molecule is O=[N+]([O-])CC(c1ccccc1[N+](=O)[O-])c1c[nH]c2ccccc12. The average molecular weight is 311 g/mol. The van der Waals surface area contributed by atoms with Crippen molar-refractivity contribution in [2.24, 2.45) is 0 Å². The standard InChI is InChI=1S/C16H13N3O4/c20-18(21)10-14(12-6-2-4-8-16(12)19(22)23)13-9-17-15-7-3-1-5-11(13)15/h1-9,14,17H,10H2. The fraction of sp³-hybridized carbons (Fsp3) is 0.125. The number of nitrogens with one attached hydrogen (secondary N) is 1. The molecule has 2 aromatic carbocycles. The monoisotopic (exact) mass is 311 g/mol. The number of H-pyrrole nitrogens is 1. The predicted molar refractivity (Wildman–Crippen MR) is 85.1 cm³/mol. The van der Waals surface area contributed by atoms with Crippen LogP contribution in [0.15, 0.2) is 54.7 Å². The Balaban J connectivity index is 2.20. The van der Waals surface area contributed by atoms with Gasteiger partial charge in [0.05, 0.1) is 10.8 Å². The maximum absolute atomic E-state index is 11.3. The van der Waals surface area contributed by atoms with Crippen molar-refractivity contribution in [3.63, 3.8) is 0 Å². The zero-order valence-electron chi connectivity index (χ0n) is 12.0. The van der Waals surface area contributed by atoms with Crippen LogP contribution in [0.3, 0.4) is 0 Å². The van der Waals surface area contributed by atoms with Crippen molar-refractivity contribution in [3.05, 3.63) is 86.1 Å². The van der Waals surface area contributed by atoms with Gasteiger partial charge in [0.15, 0.2) is 0 Å². The molecule has 7 nitrogen and oxygen atoms in total. The van der Waals surface area contributed by atoms with Crippen molar-refractivity contribution >= 4 is 16.6 Å². The van der Waals surface area contributed by atoms with E-state index in [-0.39, 0.29) is 5.69 Å². The zero-order valence-corrected chi connectivity index (χ0v) is 12.0. The van der Waals surface area contributed by atoms with Gasteiger partial charge in [-0.25, -0.2) is 0 Å². The third-order valence-corrected chi connectivity index (χ3v) is 3.84. The summed E-state index contributed by atoms with van der Waals surface area (Å²) in [4.78, 5) is 24.5. The van der Waals surface area contributed by atoms with Crippen LogP contribution in [-0.4, -0.2) is 21.4 Å². The summed E-state index contributed by atoms with van der Waals surface area (Å²) in [6, 6.07) is 13.6. The molecule has 0 amide bonds. The number of nitro groups is 2. The van der Waals surface area contributed by atoms with Gasteiger partial charge in [0.2, 0.25) is 6.54 Å². The highest BCUT2D eigenvalue weighted by Crippen LogP contribution is 2.35. The lowest BCUT2D eigenvalue weighted by atomic mass is 9.90. The average Bonchev–Trinajstić information content (AvgIpc) is 2.96. The van der Waals surface area contributed by atoms with Crippen molar-refractivity contribution in [2.75, 3.05) is 6.54 Å². The summed E-state index contributed by atoms with van der Waals surface area (Å²) in [6.45, 7) is -0.410. The Morgan fingerprint density at radius 3 is 2.39 bits per heavy atom. The Morgan fingerprint density at radius 2 is 1.65 bits per heavy atom. The number of para-hydroxylation sites is 2. The first-order valence-corrected chi connectivity index (χ1v) is 6.99. The molecule has 3 aromatic rings. The van der Waals surface area contributed by atoms with E-state index in [9.17, 15) is 20.2 Å². The molecule has 1 atom stereocenters. The van der Waals surface area contributed by atoms with Gasteiger partial charge in [0, 0.05) is 33.7 Å². The summed E-state index contributed by atoms with van der Waals surface area (Å²) in [5.41, 5.74) is 1.77. The number of aromatic nitrogens is 1. The first-order chi connectivity index (χ1) is 11.1. The lowest BCUT2D eigenvalue weighted by Gasteiger charge is -2.13. The van der Waals surface area contributed by atoms with Crippen molar-refractivity contribution in [2.45, 2.75) is 5.92 Å². The summed E-state index contributed by atoms with van der Waals surface area (Å²) in [6.07, 6.45) is 1.69. The summed E-state index contributed by atoms with van der Waals surface area (Å²) in [5, 5.41) is 23.2. The molecule has 0 aliphatic heterocycles. The highest BCUT2D eigenvalue weighted by Gasteiger charge is 2.29. The van der Waals surface area contributed by atoms with Crippen LogP contribution in [0, 0.1) is 20.2 Å². The Labute approximate surface area is 130 Å². The molecule has 116 valence electrons. The van der Waals surface area contributed by atoms with E-state index in [0.717, 1.165) is 10.9 Å². The topological polar surface area (TPSA) is 102 Å². The van der Waals surface area contributed by atoms with Crippen LogP contribution in [0.25, 0.3) is 10.9 Å². The van der Waals surface area contributed by atoms with Crippen LogP contribution in [0.4, 0.5) is 5.69 Å². The molecule has 3 rings (SSSR count). The minimum atomic E-state index is -0.692. The second-order valence-electron chi connectivity index (χ2n) is 5.17. The molecule has 23 heavy (non-hydrogen) atoms. The van der Waals surface area contributed by atoms with Crippen molar-refractivity contribution < 1.29 is 9.85 Å². The quantitative estimate of drug-likeness (QED) is 0.575. The van der Waals surface area contributed by atoms with E-state index in [1.54, 1.807) is 24.4 Å². The molecule has 1 heterocycles. The van der Waals surface area contributed by atoms with Crippen LogP contribution in [-0.2, 0) is 0 Å². The molecular formula is C16H13N3O4. The van der Waals surface area contributed by atoms with E-state index in [2.05, 4.69) is 4.98 Å². The third kappa shape index (κ3) is 2.76. The largest absolute Gasteiger partial charge is 0.361 e. The van der Waals surface area contributed by atoms with Gasteiger partial charge >= 0.3 is 0 Å². The van der Waals surface area contributed by atoms with Gasteiger partial charge in [0.25, 0.3) is 5.69 Å². The van der Waals surface area contributed by atoms with Gasteiger partial charge in [-0.2, -0.15) is 0 Å². The van der Waals surface area contributed by atoms with Gasteiger partial charge < -0.3 is 4.98 Å². The van der Waals surface area contributed by atoms with E-state index in [0.29, 0.717) is 11.1 Å². The van der Waals surface area contributed by atoms with Crippen LogP contribution in [0.2, 0.25) is 0 Å². The molecular weight excluding hydrogens is 298 g/mol. The number of nitro benzene ring substituents is 1. The van der Waals surface area contributed by atoms with Gasteiger partial charge in [-0.3, -0.25) is 20.2 Å². The van der Waals surface area contributed by atoms with Gasteiger partial charge in [-0.15, -0.1) is 0 Å². The summed E-state index contributed by atoms with van der Waals surface area (Å²) in [5.74, 6) is -0.692. The molecule has 0 radical (unpaired) electrons. The molecule has 7 heteroatoms. The van der Waals surface area contributed by atoms with E-state index >= 15 is 0 Å². The second kappa shape index (κ2) is 5.88. The summed E-state index contributed by atoms with van der Waals surface area (Å²) in [7, 11) is 0. The van der Waals surface area contributed by atoms with E-state index in [4.69, 9.17) is 0 Å². The fourth-order valence-electron chi connectivity index (χ4n) is 2.84. The van der Waals surface area contributed by atoms with Crippen LogP contribution >= 0.6 is 0 Å². The lowest BCUT2D eigenvalue weighted by Crippen LogP contribution is -2.15. The smallest absolute Gasteiger partial charge is 0.273 e. The maximum atomic E-state index is 11.3. The molecule has 1 N–H and O–H groups in total. The first kappa shape index (κ1) is 14.7. The minimum absolute atomic E-state index is 0.107. The van der Waals surface area contributed by atoms with Crippen LogP contribution in [0.1, 0.15) is 17.0 Å². The van der Waals surface area contributed by atoms with E-state index in [1.165, 1.54) is 6.07 Å². The molecule has 0 saturated carbocycles. The minimum Gasteiger partial charge on any atom is -0.361 e. The molecule has 0 fully saturated rings. The fourth-order valence-corrected chi connectivity index (χ4v) is 2.84. The number of hydrogen-bond donors (Lipinski definition) is 1. The number of nitrogens with zero attached hydrogens (tertiary/aromatic N) is 2. The molecule has 1 aromatic heterocycles. The first-order valence-electron chi connectivity index (χ1n) is 6.99. The van der Waals surface area contributed by atoms with E-state index < -0.39 is 22.3 Å². The zero-order chi connectivity index (χ0) is 16.4. The highest BCUT2D eigenvalue weighted by molar-refractivity contribution is 5.84. The van der Waals surface area contributed by atoms with Crippen molar-refractivity contribution in [1.82, 2.24) is 4.98 Å². The number of rotatable bonds is 5. The van der Waals surface area contributed by atoms with Crippen LogP contribution < -0.4 is 0 Å². The Hall–Kier alpha value is -3.22. The number of aromatic amines is 1. The normalized spacial score (nSPS) is 12.2. The predicted octanol–water partition coefficient (Wildman–Crippen LogP) is 3.48. The van der Waals surface area contributed by atoms with Gasteiger partial charge in [-0.05, 0) is 11.6 Å². The van der Waals surface area contributed by atoms with Gasteiger partial charge in [0.1, 0.15) is 0 Å². The molecule has 0 aliphatic carbocycles. The summed E-state index contributed by atoms with van der Waals surface area (Å²) >= 11 is 0. The number of hydrogen-bond acceptors (Lipinski definition) is 4. The maximum Gasteiger partial charge on any atom is 0.273 e. The second-order valence-corrected chi connectivity index (χ2v) is 5.17. The Bertz CT molecular complexity index is 888. The van der Waals surface area contributed by atoms with Crippen LogP contribution in [0.5, 0.6) is 0 Å².